The number of halogens is 1. The van der Waals surface area contributed by atoms with Crippen LogP contribution in [-0.2, 0) is 11.2 Å². The van der Waals surface area contributed by atoms with Crippen molar-refractivity contribution in [1.29, 1.82) is 5.26 Å². The Kier molecular flexibility index (Phi) is 5.26. The van der Waals surface area contributed by atoms with Gasteiger partial charge in [-0.05, 0) is 46.7 Å². The zero-order valence-corrected chi connectivity index (χ0v) is 11.2. The molecule has 0 saturated heterocycles. The summed E-state index contributed by atoms with van der Waals surface area (Å²) in [6.07, 6.45) is 0.962. The number of nitrogens with one attached hydrogen (secondary N) is 1. The van der Waals surface area contributed by atoms with Crippen LogP contribution in [0.5, 0.6) is 0 Å². The second-order valence-corrected chi connectivity index (χ2v) is 4.71. The minimum atomic E-state index is -0.378. The van der Waals surface area contributed by atoms with Crippen LogP contribution in [0.15, 0.2) is 24.3 Å². The summed E-state index contributed by atoms with van der Waals surface area (Å²) < 4.78 is 1.14. The summed E-state index contributed by atoms with van der Waals surface area (Å²) in [5, 5.41) is 11.4. The quantitative estimate of drug-likeness (QED) is 0.862. The molecule has 1 N–H and O–H groups in total. The van der Waals surface area contributed by atoms with E-state index in [0.29, 0.717) is 12.8 Å². The first-order chi connectivity index (χ1) is 7.65. The Morgan fingerprint density at radius 3 is 2.62 bits per heavy atom. The van der Waals surface area contributed by atoms with Crippen LogP contribution in [0, 0.1) is 14.9 Å². The maximum atomic E-state index is 11.6. The van der Waals surface area contributed by atoms with Crippen molar-refractivity contribution in [3.05, 3.63) is 33.4 Å². The molecule has 0 aliphatic rings. The fourth-order valence-corrected chi connectivity index (χ4v) is 1.62. The van der Waals surface area contributed by atoms with Gasteiger partial charge in [-0.3, -0.25) is 4.79 Å². The van der Waals surface area contributed by atoms with Gasteiger partial charge in [0, 0.05) is 3.57 Å². The SMILES string of the molecule is CCC(C#N)NC(=O)Cc1ccc(I)cc1. The highest BCUT2D eigenvalue weighted by molar-refractivity contribution is 14.1. The van der Waals surface area contributed by atoms with E-state index in [0.717, 1.165) is 9.13 Å². The minimum Gasteiger partial charge on any atom is -0.340 e. The summed E-state index contributed by atoms with van der Waals surface area (Å²) in [4.78, 5) is 11.6. The van der Waals surface area contributed by atoms with Gasteiger partial charge in [-0.1, -0.05) is 19.1 Å². The lowest BCUT2D eigenvalue weighted by Crippen LogP contribution is -2.34. The number of hydrogen-bond donors (Lipinski definition) is 1. The predicted molar refractivity (Wildman–Crippen MR) is 70.7 cm³/mol. The summed E-state index contributed by atoms with van der Waals surface area (Å²) >= 11 is 2.22. The van der Waals surface area contributed by atoms with Gasteiger partial charge in [0.2, 0.25) is 5.91 Å². The molecule has 0 fully saturated rings. The molecule has 0 heterocycles. The Morgan fingerprint density at radius 2 is 2.12 bits per heavy atom. The second-order valence-electron chi connectivity index (χ2n) is 3.46. The molecule has 1 amide bonds. The van der Waals surface area contributed by atoms with Crippen LogP contribution in [0.4, 0.5) is 0 Å². The summed E-state index contributed by atoms with van der Waals surface area (Å²) in [5.41, 5.74) is 0.964. The summed E-state index contributed by atoms with van der Waals surface area (Å²) in [6, 6.07) is 9.44. The largest absolute Gasteiger partial charge is 0.340 e. The minimum absolute atomic E-state index is 0.102. The molecule has 0 radical (unpaired) electrons. The maximum Gasteiger partial charge on any atom is 0.225 e. The first-order valence-corrected chi connectivity index (χ1v) is 6.17. The third-order valence-corrected chi connectivity index (χ3v) is 2.90. The van der Waals surface area contributed by atoms with Crippen molar-refractivity contribution in [2.45, 2.75) is 25.8 Å². The summed E-state index contributed by atoms with van der Waals surface area (Å²) in [5.74, 6) is -0.102. The van der Waals surface area contributed by atoms with E-state index in [4.69, 9.17) is 5.26 Å². The lowest BCUT2D eigenvalue weighted by atomic mass is 10.1. The van der Waals surface area contributed by atoms with Crippen molar-refractivity contribution in [2.75, 3.05) is 0 Å². The standard InChI is InChI=1S/C12H13IN2O/c1-2-11(8-14)15-12(16)7-9-3-5-10(13)6-4-9/h3-6,11H,2,7H2,1H3,(H,15,16). The molecule has 1 aromatic carbocycles. The molecule has 4 heteroatoms. The normalized spacial score (nSPS) is 11.6. The molecule has 1 rings (SSSR count). The molecule has 0 aliphatic carbocycles. The Morgan fingerprint density at radius 1 is 1.50 bits per heavy atom. The number of benzene rings is 1. The van der Waals surface area contributed by atoms with Gasteiger partial charge in [-0.15, -0.1) is 0 Å². The summed E-state index contributed by atoms with van der Waals surface area (Å²) in [6.45, 7) is 1.87. The number of hydrogen-bond acceptors (Lipinski definition) is 2. The van der Waals surface area contributed by atoms with Gasteiger partial charge in [-0.25, -0.2) is 0 Å². The van der Waals surface area contributed by atoms with Crippen molar-refractivity contribution in [3.63, 3.8) is 0 Å². The predicted octanol–water partition coefficient (Wildman–Crippen LogP) is 2.25. The molecule has 0 bridgehead atoms. The number of nitriles is 1. The van der Waals surface area contributed by atoms with Gasteiger partial charge >= 0.3 is 0 Å². The van der Waals surface area contributed by atoms with E-state index in [9.17, 15) is 4.79 Å². The van der Waals surface area contributed by atoms with E-state index in [2.05, 4.69) is 27.9 Å². The second kappa shape index (κ2) is 6.48. The van der Waals surface area contributed by atoms with Gasteiger partial charge in [0.05, 0.1) is 12.5 Å². The van der Waals surface area contributed by atoms with Crippen LogP contribution in [0.25, 0.3) is 0 Å². The molecule has 84 valence electrons. The first-order valence-electron chi connectivity index (χ1n) is 5.09. The molecular weight excluding hydrogens is 315 g/mol. The van der Waals surface area contributed by atoms with Crippen LogP contribution in [0.1, 0.15) is 18.9 Å². The molecule has 1 aromatic rings. The molecule has 3 nitrogen and oxygen atoms in total. The first kappa shape index (κ1) is 13.0. The topological polar surface area (TPSA) is 52.9 Å². The number of amides is 1. The Labute approximate surface area is 109 Å². The van der Waals surface area contributed by atoms with E-state index in [1.54, 1.807) is 0 Å². The highest BCUT2D eigenvalue weighted by Crippen LogP contribution is 2.07. The van der Waals surface area contributed by atoms with Crippen molar-refractivity contribution in [1.82, 2.24) is 5.32 Å². The van der Waals surface area contributed by atoms with Crippen LogP contribution in [-0.4, -0.2) is 11.9 Å². The van der Waals surface area contributed by atoms with Crippen molar-refractivity contribution >= 4 is 28.5 Å². The number of nitrogens with zero attached hydrogens (tertiary/aromatic N) is 1. The van der Waals surface area contributed by atoms with Crippen LogP contribution in [0.2, 0.25) is 0 Å². The Hall–Kier alpha value is -1.09. The van der Waals surface area contributed by atoms with Crippen LogP contribution in [0.3, 0.4) is 0 Å². The zero-order valence-electron chi connectivity index (χ0n) is 9.03. The fraction of sp³-hybridized carbons (Fsp3) is 0.333. The molecule has 0 aromatic heterocycles. The maximum absolute atomic E-state index is 11.6. The Bertz CT molecular complexity index is 394. The van der Waals surface area contributed by atoms with Crippen molar-refractivity contribution in [3.8, 4) is 6.07 Å². The van der Waals surface area contributed by atoms with Gasteiger partial charge < -0.3 is 5.32 Å². The third-order valence-electron chi connectivity index (χ3n) is 2.18. The number of rotatable bonds is 4. The average Bonchev–Trinajstić information content (AvgIpc) is 2.29. The lowest BCUT2D eigenvalue weighted by molar-refractivity contribution is -0.120. The van der Waals surface area contributed by atoms with Crippen LogP contribution < -0.4 is 5.32 Å². The van der Waals surface area contributed by atoms with E-state index in [1.807, 2.05) is 37.3 Å². The molecule has 0 aliphatic heterocycles. The van der Waals surface area contributed by atoms with Gasteiger partial charge in [0.25, 0.3) is 0 Å². The monoisotopic (exact) mass is 328 g/mol. The third kappa shape index (κ3) is 4.19. The van der Waals surface area contributed by atoms with Gasteiger partial charge in [-0.2, -0.15) is 5.26 Å². The fourth-order valence-electron chi connectivity index (χ4n) is 1.26. The highest BCUT2D eigenvalue weighted by atomic mass is 127. The lowest BCUT2D eigenvalue weighted by Gasteiger charge is -2.08. The van der Waals surface area contributed by atoms with Gasteiger partial charge in [0.15, 0.2) is 0 Å². The smallest absolute Gasteiger partial charge is 0.225 e. The molecule has 16 heavy (non-hydrogen) atoms. The highest BCUT2D eigenvalue weighted by Gasteiger charge is 2.09. The molecule has 1 atom stereocenters. The Balaban J connectivity index is 2.52. The molecule has 0 spiro atoms. The molecule has 0 saturated carbocycles. The molecule has 1 unspecified atom stereocenters. The van der Waals surface area contributed by atoms with E-state index < -0.39 is 0 Å². The number of carbonyl (C=O) groups excluding carboxylic acids is 1. The van der Waals surface area contributed by atoms with Crippen molar-refractivity contribution < 1.29 is 4.79 Å². The van der Waals surface area contributed by atoms with E-state index in [-0.39, 0.29) is 11.9 Å². The van der Waals surface area contributed by atoms with Crippen molar-refractivity contribution in [2.24, 2.45) is 0 Å². The molecular formula is C12H13IN2O. The average molecular weight is 328 g/mol. The van der Waals surface area contributed by atoms with Gasteiger partial charge in [0.1, 0.15) is 6.04 Å². The zero-order chi connectivity index (χ0) is 12.0. The van der Waals surface area contributed by atoms with Crippen LogP contribution >= 0.6 is 22.6 Å². The number of carbonyl (C=O) groups is 1. The summed E-state index contributed by atoms with van der Waals surface area (Å²) in [7, 11) is 0. The van der Waals surface area contributed by atoms with E-state index in [1.165, 1.54) is 0 Å². The van der Waals surface area contributed by atoms with E-state index >= 15 is 0 Å².